The van der Waals surface area contributed by atoms with Gasteiger partial charge in [0.1, 0.15) is 6.61 Å². The third-order valence-electron chi connectivity index (χ3n) is 6.07. The summed E-state index contributed by atoms with van der Waals surface area (Å²) in [6.07, 6.45) is 13.4. The van der Waals surface area contributed by atoms with Crippen LogP contribution in [0.4, 0.5) is 0 Å². The molecule has 252 valence electrons. The van der Waals surface area contributed by atoms with E-state index < -0.39 is 5.97 Å². The number of carbonyl (C=O) groups excluding carboxylic acids is 1. The van der Waals surface area contributed by atoms with Gasteiger partial charge in [-0.3, -0.25) is 0 Å². The van der Waals surface area contributed by atoms with E-state index in [1.807, 2.05) is 0 Å². The second-order valence-electron chi connectivity index (χ2n) is 9.71. The van der Waals surface area contributed by atoms with E-state index in [0.717, 1.165) is 13.0 Å². The maximum atomic E-state index is 10.8. The van der Waals surface area contributed by atoms with E-state index in [0.29, 0.717) is 106 Å². The average molecular weight is 611 g/mol. The lowest BCUT2D eigenvalue weighted by atomic mass is 10.1. The average Bonchev–Trinajstić information content (AvgIpc) is 3.00. The zero-order valence-corrected chi connectivity index (χ0v) is 26.8. The number of ether oxygens (including phenoxy) is 10. The Balaban J connectivity index is 3.04. The molecule has 0 saturated heterocycles. The molecule has 0 aromatic carbocycles. The molecule has 0 N–H and O–H groups in total. The van der Waals surface area contributed by atoms with Gasteiger partial charge in [-0.2, -0.15) is 0 Å². The smallest absolute Gasteiger partial charge is 0.331 e. The molecule has 0 spiro atoms. The number of unbranched alkanes of at least 4 members (excludes halogenated alkanes) is 9. The molecule has 0 aliphatic rings. The monoisotopic (exact) mass is 610 g/mol. The molecule has 0 fully saturated rings. The van der Waals surface area contributed by atoms with Crippen LogP contribution in [-0.2, 0) is 52.2 Å². The molecule has 0 unspecified atom stereocenters. The zero-order chi connectivity index (χ0) is 30.4. The molecule has 0 heterocycles. The van der Waals surface area contributed by atoms with Crippen molar-refractivity contribution in [3.8, 4) is 0 Å². The van der Waals surface area contributed by atoms with E-state index in [1.165, 1.54) is 64.9 Å². The van der Waals surface area contributed by atoms with Crippen molar-refractivity contribution in [2.75, 3.05) is 126 Å². The second kappa shape index (κ2) is 38.1. The van der Waals surface area contributed by atoms with Crippen LogP contribution >= 0.6 is 0 Å². The van der Waals surface area contributed by atoms with Crippen LogP contribution in [-0.4, -0.2) is 132 Å². The van der Waals surface area contributed by atoms with Gasteiger partial charge in [0.05, 0.1) is 113 Å². The van der Waals surface area contributed by atoms with Gasteiger partial charge in [-0.05, 0) is 6.42 Å². The number of carbonyl (C=O) groups is 1. The minimum atomic E-state index is -0.401. The summed E-state index contributed by atoms with van der Waals surface area (Å²) in [5, 5.41) is 0. The first-order valence-corrected chi connectivity index (χ1v) is 16.1. The van der Waals surface area contributed by atoms with Crippen molar-refractivity contribution in [1.29, 1.82) is 0 Å². The number of esters is 1. The summed E-state index contributed by atoms with van der Waals surface area (Å²) in [5.74, 6) is -0.401. The Kier molecular flexibility index (Phi) is 37.3. The largest absolute Gasteiger partial charge is 0.467 e. The Morgan fingerprint density at radius 3 is 0.929 bits per heavy atom. The highest BCUT2D eigenvalue weighted by atomic mass is 16.6. The Hall–Kier alpha value is -0.890. The molecule has 0 saturated carbocycles. The molecule has 0 aliphatic heterocycles. The predicted molar refractivity (Wildman–Crippen MR) is 161 cm³/mol. The van der Waals surface area contributed by atoms with Gasteiger partial charge in [-0.15, -0.1) is 0 Å². The van der Waals surface area contributed by atoms with Gasteiger partial charge in [-0.25, -0.2) is 4.79 Å². The SMILES string of the molecule is CCCCCCCCCCCCOCCOCCOCCOCCOCCOCCOCCOCCOCC(=O)OC. The maximum absolute atomic E-state index is 10.8. The standard InChI is InChI=1S/C31H62O11/c1-3-4-5-6-7-8-9-10-11-12-13-34-14-15-35-16-17-36-18-19-37-20-21-38-22-23-39-24-25-40-26-27-41-28-29-42-30-31(32)33-2/h3-30H2,1-2H3. The predicted octanol–water partition coefficient (Wildman–Crippen LogP) is 4.23. The molecule has 0 aromatic heterocycles. The van der Waals surface area contributed by atoms with Crippen LogP contribution in [0, 0.1) is 0 Å². The van der Waals surface area contributed by atoms with E-state index in [-0.39, 0.29) is 6.61 Å². The zero-order valence-electron chi connectivity index (χ0n) is 26.8. The Morgan fingerprint density at radius 2 is 0.619 bits per heavy atom. The first-order valence-electron chi connectivity index (χ1n) is 16.1. The number of methoxy groups -OCH3 is 1. The summed E-state index contributed by atoms with van der Waals surface area (Å²) in [6, 6.07) is 0. The van der Waals surface area contributed by atoms with E-state index in [2.05, 4.69) is 11.7 Å². The molecule has 42 heavy (non-hydrogen) atoms. The molecule has 0 rings (SSSR count). The minimum Gasteiger partial charge on any atom is -0.467 e. The van der Waals surface area contributed by atoms with E-state index in [1.54, 1.807) is 0 Å². The molecule has 0 radical (unpaired) electrons. The summed E-state index contributed by atoms with van der Waals surface area (Å²) in [5.41, 5.74) is 0. The fourth-order valence-corrected chi connectivity index (χ4v) is 3.67. The van der Waals surface area contributed by atoms with Crippen LogP contribution in [0.5, 0.6) is 0 Å². The summed E-state index contributed by atoms with van der Waals surface area (Å²) >= 11 is 0. The Labute approximate surface area is 255 Å². The number of hydrogen-bond donors (Lipinski definition) is 0. The molecule has 0 atom stereocenters. The van der Waals surface area contributed by atoms with Crippen molar-refractivity contribution in [2.45, 2.75) is 71.1 Å². The van der Waals surface area contributed by atoms with Crippen LogP contribution in [0.3, 0.4) is 0 Å². The van der Waals surface area contributed by atoms with E-state index in [4.69, 9.17) is 42.6 Å². The van der Waals surface area contributed by atoms with Gasteiger partial charge < -0.3 is 47.4 Å². The van der Waals surface area contributed by atoms with Crippen molar-refractivity contribution in [3.63, 3.8) is 0 Å². The molecule has 11 nitrogen and oxygen atoms in total. The second-order valence-corrected chi connectivity index (χ2v) is 9.71. The summed E-state index contributed by atoms with van der Waals surface area (Å²) in [7, 11) is 1.32. The molecular formula is C31H62O11. The summed E-state index contributed by atoms with van der Waals surface area (Å²) in [6.45, 7) is 11.2. The fraction of sp³-hybridized carbons (Fsp3) is 0.968. The topological polar surface area (TPSA) is 109 Å². The van der Waals surface area contributed by atoms with Crippen molar-refractivity contribution in [2.24, 2.45) is 0 Å². The highest BCUT2D eigenvalue weighted by Crippen LogP contribution is 2.10. The molecular weight excluding hydrogens is 548 g/mol. The molecule has 0 bridgehead atoms. The Morgan fingerprint density at radius 1 is 0.357 bits per heavy atom. The molecule has 0 aliphatic carbocycles. The molecule has 0 amide bonds. The minimum absolute atomic E-state index is 0.0632. The van der Waals surface area contributed by atoms with Gasteiger partial charge >= 0.3 is 5.97 Å². The van der Waals surface area contributed by atoms with Crippen molar-refractivity contribution in [1.82, 2.24) is 0 Å². The first kappa shape index (κ1) is 41.1. The van der Waals surface area contributed by atoms with Crippen LogP contribution < -0.4 is 0 Å². The fourth-order valence-electron chi connectivity index (χ4n) is 3.67. The maximum Gasteiger partial charge on any atom is 0.331 e. The summed E-state index contributed by atoms with van der Waals surface area (Å²) in [4.78, 5) is 10.8. The lowest BCUT2D eigenvalue weighted by Crippen LogP contribution is -2.16. The van der Waals surface area contributed by atoms with Gasteiger partial charge in [0.15, 0.2) is 0 Å². The normalized spacial score (nSPS) is 11.4. The van der Waals surface area contributed by atoms with Gasteiger partial charge in [0.2, 0.25) is 0 Å². The molecule has 11 heteroatoms. The van der Waals surface area contributed by atoms with Gasteiger partial charge in [-0.1, -0.05) is 64.7 Å². The lowest BCUT2D eigenvalue weighted by molar-refractivity contribution is -0.146. The van der Waals surface area contributed by atoms with Crippen molar-refractivity contribution >= 4 is 5.97 Å². The van der Waals surface area contributed by atoms with Gasteiger partial charge in [0.25, 0.3) is 0 Å². The Bertz CT molecular complexity index is 511. The van der Waals surface area contributed by atoms with Gasteiger partial charge in [0, 0.05) is 6.61 Å². The van der Waals surface area contributed by atoms with E-state index >= 15 is 0 Å². The lowest BCUT2D eigenvalue weighted by Gasteiger charge is -2.09. The van der Waals surface area contributed by atoms with Crippen molar-refractivity contribution < 1.29 is 52.2 Å². The third kappa shape index (κ3) is 37.1. The van der Waals surface area contributed by atoms with Crippen LogP contribution in [0.25, 0.3) is 0 Å². The van der Waals surface area contributed by atoms with Crippen LogP contribution in [0.1, 0.15) is 71.1 Å². The first-order chi connectivity index (χ1) is 20.8. The summed E-state index contributed by atoms with van der Waals surface area (Å²) < 4.78 is 53.3. The highest BCUT2D eigenvalue weighted by Gasteiger charge is 1.99. The third-order valence-corrected chi connectivity index (χ3v) is 6.07. The molecule has 0 aromatic rings. The van der Waals surface area contributed by atoms with Crippen LogP contribution in [0.15, 0.2) is 0 Å². The van der Waals surface area contributed by atoms with Crippen molar-refractivity contribution in [3.05, 3.63) is 0 Å². The van der Waals surface area contributed by atoms with Crippen LogP contribution in [0.2, 0.25) is 0 Å². The highest BCUT2D eigenvalue weighted by molar-refractivity contribution is 5.70. The number of hydrogen-bond acceptors (Lipinski definition) is 11. The van der Waals surface area contributed by atoms with E-state index in [9.17, 15) is 4.79 Å². The quantitative estimate of drug-likeness (QED) is 0.0745. The number of rotatable bonds is 37.